The highest BCUT2D eigenvalue weighted by Crippen LogP contribution is 2.23. The minimum Gasteiger partial charge on any atom is -0.449 e. The van der Waals surface area contributed by atoms with Crippen LogP contribution in [0.2, 0.25) is 5.02 Å². The number of amides is 1. The molecule has 0 spiro atoms. The first-order chi connectivity index (χ1) is 12.5. The molecule has 0 aliphatic rings. The number of sulfone groups is 1. The largest absolute Gasteiger partial charge is 0.449 e. The van der Waals surface area contributed by atoms with Crippen molar-refractivity contribution in [1.82, 2.24) is 0 Å². The number of hydrogen-bond acceptors (Lipinski definition) is 5. The van der Waals surface area contributed by atoms with Gasteiger partial charge in [0.25, 0.3) is 5.91 Å². The number of carbonyl (C=O) groups is 2. The van der Waals surface area contributed by atoms with Crippen LogP contribution in [0.25, 0.3) is 0 Å². The van der Waals surface area contributed by atoms with Crippen molar-refractivity contribution in [3.8, 4) is 0 Å². The quantitative estimate of drug-likeness (QED) is 0.759. The van der Waals surface area contributed by atoms with Crippen LogP contribution in [0, 0.1) is 12.7 Å². The molecule has 6 nitrogen and oxygen atoms in total. The zero-order valence-corrected chi connectivity index (χ0v) is 16.3. The number of esters is 1. The average molecular weight is 414 g/mol. The Hall–Kier alpha value is -2.45. The number of anilines is 1. The summed E-state index contributed by atoms with van der Waals surface area (Å²) in [7, 11) is -3.50. The second-order valence-electron chi connectivity index (χ2n) is 5.91. The van der Waals surface area contributed by atoms with E-state index < -0.39 is 33.6 Å². The van der Waals surface area contributed by atoms with Crippen molar-refractivity contribution in [2.24, 2.45) is 0 Å². The lowest BCUT2D eigenvalue weighted by Gasteiger charge is -2.15. The molecule has 0 aliphatic carbocycles. The molecule has 0 fully saturated rings. The minimum absolute atomic E-state index is 0.00132. The van der Waals surface area contributed by atoms with Crippen LogP contribution in [0.5, 0.6) is 0 Å². The Balaban J connectivity index is 2.14. The zero-order chi connectivity index (χ0) is 20.4. The lowest BCUT2D eigenvalue weighted by Crippen LogP contribution is -2.30. The van der Waals surface area contributed by atoms with E-state index in [2.05, 4.69) is 5.32 Å². The molecule has 144 valence electrons. The Bertz CT molecular complexity index is 1010. The van der Waals surface area contributed by atoms with Gasteiger partial charge in [-0.2, -0.15) is 0 Å². The Morgan fingerprint density at radius 3 is 2.44 bits per heavy atom. The Morgan fingerprint density at radius 1 is 1.19 bits per heavy atom. The first kappa shape index (κ1) is 20.9. The van der Waals surface area contributed by atoms with Crippen LogP contribution in [-0.2, 0) is 19.4 Å². The van der Waals surface area contributed by atoms with Crippen LogP contribution in [0.3, 0.4) is 0 Å². The summed E-state index contributed by atoms with van der Waals surface area (Å²) in [6, 6.07) is 7.51. The van der Waals surface area contributed by atoms with Gasteiger partial charge in [0.05, 0.1) is 21.2 Å². The molecule has 2 aromatic carbocycles. The first-order valence-electron chi connectivity index (χ1n) is 7.76. The Labute approximate surface area is 161 Å². The molecule has 0 saturated heterocycles. The Kier molecular flexibility index (Phi) is 6.22. The van der Waals surface area contributed by atoms with Gasteiger partial charge >= 0.3 is 5.97 Å². The van der Waals surface area contributed by atoms with E-state index in [1.807, 2.05) is 0 Å². The summed E-state index contributed by atoms with van der Waals surface area (Å²) in [6.07, 6.45) is -0.171. The Morgan fingerprint density at radius 2 is 1.85 bits per heavy atom. The second-order valence-corrected chi connectivity index (χ2v) is 8.33. The smallest absolute Gasteiger partial charge is 0.339 e. The van der Waals surface area contributed by atoms with Crippen molar-refractivity contribution >= 4 is 39.0 Å². The molecule has 2 rings (SSSR count). The molecule has 0 bridgehead atoms. The predicted molar refractivity (Wildman–Crippen MR) is 99.2 cm³/mol. The molecule has 27 heavy (non-hydrogen) atoms. The first-order valence-corrected chi connectivity index (χ1v) is 10.0. The zero-order valence-electron chi connectivity index (χ0n) is 14.7. The third-order valence-electron chi connectivity index (χ3n) is 3.70. The van der Waals surface area contributed by atoms with Crippen molar-refractivity contribution in [2.75, 3.05) is 11.6 Å². The van der Waals surface area contributed by atoms with Gasteiger partial charge in [-0.3, -0.25) is 4.79 Å². The molecule has 0 aliphatic heterocycles. The SMILES string of the molecule is Cc1ccc(S(C)(=O)=O)cc1C(=O)OC(C)C(=O)Nc1ccc(F)cc1Cl. The van der Waals surface area contributed by atoms with Gasteiger partial charge in [0.1, 0.15) is 5.82 Å². The van der Waals surface area contributed by atoms with Crippen LogP contribution >= 0.6 is 11.6 Å². The summed E-state index contributed by atoms with van der Waals surface area (Å²) in [5, 5.41) is 2.43. The predicted octanol–water partition coefficient (Wildman–Crippen LogP) is 3.38. The molecule has 0 radical (unpaired) electrons. The molecule has 0 heterocycles. The van der Waals surface area contributed by atoms with Crippen molar-refractivity contribution in [3.05, 3.63) is 58.4 Å². The summed E-state index contributed by atoms with van der Waals surface area (Å²) in [5.74, 6) is -2.07. The van der Waals surface area contributed by atoms with E-state index in [9.17, 15) is 22.4 Å². The van der Waals surface area contributed by atoms with Crippen molar-refractivity contribution < 1.29 is 27.1 Å². The molecule has 9 heteroatoms. The fourth-order valence-electron chi connectivity index (χ4n) is 2.15. The number of ether oxygens (including phenoxy) is 1. The number of halogens is 2. The summed E-state index contributed by atoms with van der Waals surface area (Å²) in [5.41, 5.74) is 0.709. The molecule has 1 unspecified atom stereocenters. The van der Waals surface area contributed by atoms with Crippen LogP contribution < -0.4 is 5.32 Å². The van der Waals surface area contributed by atoms with E-state index >= 15 is 0 Å². The van der Waals surface area contributed by atoms with Gasteiger partial charge in [0, 0.05) is 6.26 Å². The number of nitrogens with one attached hydrogen (secondary N) is 1. The van der Waals surface area contributed by atoms with Gasteiger partial charge < -0.3 is 10.1 Å². The molecule has 1 amide bonds. The molecule has 0 saturated carbocycles. The molecule has 0 aromatic heterocycles. The van der Waals surface area contributed by atoms with Crippen LogP contribution in [0.4, 0.5) is 10.1 Å². The third kappa shape index (κ3) is 5.27. The maximum absolute atomic E-state index is 13.0. The number of hydrogen-bond donors (Lipinski definition) is 1. The van der Waals surface area contributed by atoms with Gasteiger partial charge in [0.2, 0.25) is 0 Å². The third-order valence-corrected chi connectivity index (χ3v) is 5.12. The minimum atomic E-state index is -3.50. The molecular formula is C18H17ClFNO5S. The summed E-state index contributed by atoms with van der Waals surface area (Å²) in [4.78, 5) is 24.5. The van der Waals surface area contributed by atoms with E-state index in [1.165, 1.54) is 31.2 Å². The highest BCUT2D eigenvalue weighted by atomic mass is 35.5. The summed E-state index contributed by atoms with van der Waals surface area (Å²) < 4.78 is 41.5. The van der Waals surface area contributed by atoms with E-state index in [1.54, 1.807) is 6.92 Å². The number of rotatable bonds is 5. The van der Waals surface area contributed by atoms with E-state index in [0.29, 0.717) is 5.56 Å². The molecule has 2 aromatic rings. The monoisotopic (exact) mass is 413 g/mol. The average Bonchev–Trinajstić information content (AvgIpc) is 2.56. The lowest BCUT2D eigenvalue weighted by atomic mass is 10.1. The fraction of sp³-hybridized carbons (Fsp3) is 0.222. The standard InChI is InChI=1S/C18H17ClFNO5S/c1-10-4-6-13(27(3,24)25)9-14(10)18(23)26-11(2)17(22)21-16-7-5-12(20)8-15(16)19/h4-9,11H,1-3H3,(H,21,22). The van der Waals surface area contributed by atoms with Crippen molar-refractivity contribution in [1.29, 1.82) is 0 Å². The van der Waals surface area contributed by atoms with Crippen LogP contribution in [0.1, 0.15) is 22.8 Å². The van der Waals surface area contributed by atoms with Gasteiger partial charge in [-0.05, 0) is 49.7 Å². The normalized spacial score (nSPS) is 12.3. The van der Waals surface area contributed by atoms with Gasteiger partial charge in [0.15, 0.2) is 15.9 Å². The highest BCUT2D eigenvalue weighted by Gasteiger charge is 2.22. The maximum atomic E-state index is 13.0. The van der Waals surface area contributed by atoms with Crippen molar-refractivity contribution in [2.45, 2.75) is 24.8 Å². The summed E-state index contributed by atoms with van der Waals surface area (Å²) >= 11 is 5.84. The van der Waals surface area contributed by atoms with Gasteiger partial charge in [-0.1, -0.05) is 17.7 Å². The number of benzene rings is 2. The van der Waals surface area contributed by atoms with E-state index in [0.717, 1.165) is 18.4 Å². The number of aryl methyl sites for hydroxylation is 1. The maximum Gasteiger partial charge on any atom is 0.339 e. The fourth-order valence-corrected chi connectivity index (χ4v) is 3.02. The molecule has 1 atom stereocenters. The molecule has 1 N–H and O–H groups in total. The lowest BCUT2D eigenvalue weighted by molar-refractivity contribution is -0.123. The van der Waals surface area contributed by atoms with E-state index in [-0.39, 0.29) is 21.2 Å². The number of carbonyl (C=O) groups excluding carboxylic acids is 2. The highest BCUT2D eigenvalue weighted by molar-refractivity contribution is 7.90. The van der Waals surface area contributed by atoms with E-state index in [4.69, 9.17) is 16.3 Å². The van der Waals surface area contributed by atoms with Crippen molar-refractivity contribution in [3.63, 3.8) is 0 Å². The van der Waals surface area contributed by atoms with Crippen LogP contribution in [0.15, 0.2) is 41.3 Å². The van der Waals surface area contributed by atoms with Gasteiger partial charge in [-0.15, -0.1) is 0 Å². The van der Waals surface area contributed by atoms with Gasteiger partial charge in [-0.25, -0.2) is 17.6 Å². The summed E-state index contributed by atoms with van der Waals surface area (Å²) in [6.45, 7) is 2.96. The molecular weight excluding hydrogens is 397 g/mol. The van der Waals surface area contributed by atoms with Crippen LogP contribution in [-0.4, -0.2) is 32.7 Å². The topological polar surface area (TPSA) is 89.5 Å². The second kappa shape index (κ2) is 8.06.